The fourth-order valence-electron chi connectivity index (χ4n) is 2.84. The molecule has 3 nitrogen and oxygen atoms in total. The molecule has 2 heterocycles. The fraction of sp³-hybridized carbons (Fsp3) is 0.714. The Kier molecular flexibility index (Phi) is 3.45. The molecule has 0 aromatic carbocycles. The van der Waals surface area contributed by atoms with E-state index in [0.29, 0.717) is 12.6 Å². The molecule has 2 aliphatic rings. The van der Waals surface area contributed by atoms with Gasteiger partial charge in [0.25, 0.3) is 0 Å². The van der Waals surface area contributed by atoms with E-state index in [0.717, 1.165) is 6.54 Å². The lowest BCUT2D eigenvalue weighted by Gasteiger charge is -2.25. The van der Waals surface area contributed by atoms with Crippen LogP contribution >= 0.6 is 11.3 Å². The lowest BCUT2D eigenvalue weighted by molar-refractivity contribution is -0.137. The van der Waals surface area contributed by atoms with Crippen molar-refractivity contribution in [2.24, 2.45) is 0 Å². The molecule has 1 aromatic rings. The van der Waals surface area contributed by atoms with E-state index >= 15 is 0 Å². The number of aryl methyl sites for hydroxylation is 1. The standard InChI is InChI=1S/C14H21NO2S/c1-14(2)16-9-10(17-14)8-15-12-4-3-5-13-11(12)6-7-18-13/h6-7,10,12,15H,3-5,8-9H2,1-2H3. The predicted octanol–water partition coefficient (Wildman–Crippen LogP) is 2.87. The lowest BCUT2D eigenvalue weighted by atomic mass is 9.94. The van der Waals surface area contributed by atoms with Crippen LogP contribution in [-0.4, -0.2) is 25.0 Å². The molecule has 0 amide bonds. The zero-order valence-electron chi connectivity index (χ0n) is 11.1. The van der Waals surface area contributed by atoms with E-state index < -0.39 is 5.79 Å². The van der Waals surface area contributed by atoms with Gasteiger partial charge in [-0.05, 0) is 50.1 Å². The predicted molar refractivity (Wildman–Crippen MR) is 72.9 cm³/mol. The van der Waals surface area contributed by atoms with E-state index in [4.69, 9.17) is 9.47 Å². The summed E-state index contributed by atoms with van der Waals surface area (Å²) in [5.74, 6) is -0.410. The molecule has 2 unspecified atom stereocenters. The highest BCUT2D eigenvalue weighted by Gasteiger charge is 2.33. The zero-order chi connectivity index (χ0) is 12.6. The molecule has 1 fully saturated rings. The fourth-order valence-corrected chi connectivity index (χ4v) is 3.82. The summed E-state index contributed by atoms with van der Waals surface area (Å²) in [4.78, 5) is 1.56. The summed E-state index contributed by atoms with van der Waals surface area (Å²) >= 11 is 1.89. The Bertz CT molecular complexity index is 416. The number of hydrogen-bond acceptors (Lipinski definition) is 4. The second-order valence-corrected chi connectivity index (χ2v) is 6.60. The molecule has 18 heavy (non-hydrogen) atoms. The Labute approximate surface area is 112 Å². The molecule has 2 atom stereocenters. The minimum absolute atomic E-state index is 0.184. The van der Waals surface area contributed by atoms with Gasteiger partial charge in [-0.15, -0.1) is 11.3 Å². The Balaban J connectivity index is 1.56. The summed E-state index contributed by atoms with van der Waals surface area (Å²) < 4.78 is 11.4. The number of ether oxygens (including phenoxy) is 2. The van der Waals surface area contributed by atoms with Gasteiger partial charge in [0.05, 0.1) is 12.7 Å². The molecule has 0 radical (unpaired) electrons. The molecule has 1 aliphatic heterocycles. The maximum Gasteiger partial charge on any atom is 0.163 e. The second-order valence-electron chi connectivity index (χ2n) is 5.60. The van der Waals surface area contributed by atoms with Gasteiger partial charge in [0, 0.05) is 17.5 Å². The van der Waals surface area contributed by atoms with Gasteiger partial charge in [0.1, 0.15) is 0 Å². The smallest absolute Gasteiger partial charge is 0.163 e. The van der Waals surface area contributed by atoms with Crippen LogP contribution in [0.5, 0.6) is 0 Å². The van der Waals surface area contributed by atoms with E-state index in [9.17, 15) is 0 Å². The summed E-state index contributed by atoms with van der Waals surface area (Å²) in [6, 6.07) is 2.78. The number of thiophene rings is 1. The van der Waals surface area contributed by atoms with Crippen LogP contribution in [0.1, 0.15) is 43.2 Å². The van der Waals surface area contributed by atoms with Crippen molar-refractivity contribution >= 4 is 11.3 Å². The van der Waals surface area contributed by atoms with Crippen molar-refractivity contribution in [1.82, 2.24) is 5.32 Å². The topological polar surface area (TPSA) is 30.5 Å². The van der Waals surface area contributed by atoms with Gasteiger partial charge in [-0.25, -0.2) is 0 Å². The minimum atomic E-state index is -0.410. The SMILES string of the molecule is CC1(C)OCC(CNC2CCCc3sccc32)O1. The van der Waals surface area contributed by atoms with E-state index in [1.54, 1.807) is 4.88 Å². The highest BCUT2D eigenvalue weighted by molar-refractivity contribution is 7.10. The van der Waals surface area contributed by atoms with Crippen LogP contribution in [0.25, 0.3) is 0 Å². The van der Waals surface area contributed by atoms with Crippen molar-refractivity contribution in [2.45, 2.75) is 51.0 Å². The van der Waals surface area contributed by atoms with Gasteiger partial charge >= 0.3 is 0 Å². The van der Waals surface area contributed by atoms with Gasteiger partial charge in [-0.2, -0.15) is 0 Å². The normalized spacial score (nSPS) is 30.3. The first kappa shape index (κ1) is 12.6. The van der Waals surface area contributed by atoms with Gasteiger partial charge in [-0.3, -0.25) is 0 Å². The van der Waals surface area contributed by atoms with Gasteiger partial charge < -0.3 is 14.8 Å². The van der Waals surface area contributed by atoms with Crippen LogP contribution in [0.2, 0.25) is 0 Å². The van der Waals surface area contributed by atoms with Crippen LogP contribution in [0, 0.1) is 0 Å². The second kappa shape index (κ2) is 4.93. The molecular formula is C14H21NO2S. The van der Waals surface area contributed by atoms with E-state index in [1.165, 1.54) is 24.8 Å². The molecule has 0 spiro atoms. The third-order valence-electron chi connectivity index (χ3n) is 3.71. The zero-order valence-corrected chi connectivity index (χ0v) is 11.9. The Hall–Kier alpha value is -0.420. The first-order valence-electron chi connectivity index (χ1n) is 6.75. The van der Waals surface area contributed by atoms with E-state index in [1.807, 2.05) is 25.2 Å². The average Bonchev–Trinajstić information content (AvgIpc) is 2.92. The molecule has 3 rings (SSSR count). The summed E-state index contributed by atoms with van der Waals surface area (Å²) in [5, 5.41) is 5.86. The molecule has 0 bridgehead atoms. The van der Waals surface area contributed by atoms with Crippen LogP contribution in [-0.2, 0) is 15.9 Å². The van der Waals surface area contributed by atoms with Crippen molar-refractivity contribution in [3.63, 3.8) is 0 Å². The maximum absolute atomic E-state index is 5.83. The Morgan fingerprint density at radius 3 is 3.17 bits per heavy atom. The number of nitrogens with one attached hydrogen (secondary N) is 1. The largest absolute Gasteiger partial charge is 0.348 e. The molecule has 100 valence electrons. The molecular weight excluding hydrogens is 246 g/mol. The number of rotatable bonds is 3. The average molecular weight is 267 g/mol. The monoisotopic (exact) mass is 267 g/mol. The van der Waals surface area contributed by atoms with Crippen molar-refractivity contribution < 1.29 is 9.47 Å². The summed E-state index contributed by atoms with van der Waals surface area (Å²) in [6.45, 7) is 5.53. The highest BCUT2D eigenvalue weighted by atomic mass is 32.1. The molecule has 1 aromatic heterocycles. The molecule has 1 N–H and O–H groups in total. The van der Waals surface area contributed by atoms with Crippen molar-refractivity contribution in [3.8, 4) is 0 Å². The van der Waals surface area contributed by atoms with Crippen LogP contribution in [0.3, 0.4) is 0 Å². The Morgan fingerprint density at radius 1 is 1.50 bits per heavy atom. The molecule has 1 saturated heterocycles. The minimum Gasteiger partial charge on any atom is -0.348 e. The van der Waals surface area contributed by atoms with Crippen molar-refractivity contribution in [3.05, 3.63) is 21.9 Å². The van der Waals surface area contributed by atoms with E-state index in [-0.39, 0.29) is 6.10 Å². The van der Waals surface area contributed by atoms with Crippen molar-refractivity contribution in [2.75, 3.05) is 13.2 Å². The van der Waals surface area contributed by atoms with Gasteiger partial charge in [-0.1, -0.05) is 0 Å². The van der Waals surface area contributed by atoms with Crippen molar-refractivity contribution in [1.29, 1.82) is 0 Å². The summed E-state index contributed by atoms with van der Waals surface area (Å²) in [7, 11) is 0. The quantitative estimate of drug-likeness (QED) is 0.913. The summed E-state index contributed by atoms with van der Waals surface area (Å²) in [6.07, 6.45) is 3.96. The third kappa shape index (κ3) is 2.62. The first-order valence-corrected chi connectivity index (χ1v) is 7.63. The number of hydrogen-bond donors (Lipinski definition) is 1. The Morgan fingerprint density at radius 2 is 2.39 bits per heavy atom. The van der Waals surface area contributed by atoms with Gasteiger partial charge in [0.15, 0.2) is 5.79 Å². The van der Waals surface area contributed by atoms with Gasteiger partial charge in [0.2, 0.25) is 0 Å². The first-order chi connectivity index (χ1) is 8.64. The number of fused-ring (bicyclic) bond motifs is 1. The van der Waals surface area contributed by atoms with E-state index in [2.05, 4.69) is 16.8 Å². The molecule has 4 heteroatoms. The summed E-state index contributed by atoms with van der Waals surface area (Å²) in [5.41, 5.74) is 1.50. The van der Waals surface area contributed by atoms with Crippen LogP contribution in [0.4, 0.5) is 0 Å². The molecule has 0 saturated carbocycles. The highest BCUT2D eigenvalue weighted by Crippen LogP contribution is 2.33. The van der Waals surface area contributed by atoms with Crippen LogP contribution in [0.15, 0.2) is 11.4 Å². The lowest BCUT2D eigenvalue weighted by Crippen LogP contribution is -2.34. The maximum atomic E-state index is 5.83. The van der Waals surface area contributed by atoms with Crippen LogP contribution < -0.4 is 5.32 Å². The molecule has 1 aliphatic carbocycles. The third-order valence-corrected chi connectivity index (χ3v) is 4.71.